The summed E-state index contributed by atoms with van der Waals surface area (Å²) in [5.41, 5.74) is 2.05. The van der Waals surface area contributed by atoms with Crippen LogP contribution in [0.3, 0.4) is 0 Å². The fraction of sp³-hybridized carbons (Fsp3) is 0.458. The SMILES string of the molecule is O=C(Nc1cccc(OCCc2ccccc2)c1)N1CCCC(N2CCCC2)C1. The number of anilines is 1. The second-order valence-corrected chi connectivity index (χ2v) is 8.03. The van der Waals surface area contributed by atoms with Crippen molar-refractivity contribution in [3.63, 3.8) is 0 Å². The molecular formula is C24H31N3O2. The van der Waals surface area contributed by atoms with Crippen LogP contribution in [-0.4, -0.2) is 54.7 Å². The van der Waals surface area contributed by atoms with Gasteiger partial charge in [0.15, 0.2) is 0 Å². The first-order valence-electron chi connectivity index (χ1n) is 10.8. The van der Waals surface area contributed by atoms with Gasteiger partial charge in [-0.05, 0) is 56.5 Å². The molecule has 29 heavy (non-hydrogen) atoms. The highest BCUT2D eigenvalue weighted by Gasteiger charge is 2.29. The van der Waals surface area contributed by atoms with Gasteiger partial charge in [0.25, 0.3) is 0 Å². The Balaban J connectivity index is 1.28. The van der Waals surface area contributed by atoms with Gasteiger partial charge in [0.2, 0.25) is 0 Å². The largest absolute Gasteiger partial charge is 0.493 e. The maximum atomic E-state index is 12.8. The third kappa shape index (κ3) is 5.51. The molecule has 154 valence electrons. The van der Waals surface area contributed by atoms with Gasteiger partial charge >= 0.3 is 6.03 Å². The molecule has 2 aromatic carbocycles. The third-order valence-electron chi connectivity index (χ3n) is 5.93. The zero-order chi connectivity index (χ0) is 19.9. The Bertz CT molecular complexity index is 790. The lowest BCUT2D eigenvalue weighted by Gasteiger charge is -2.37. The number of urea groups is 1. The summed E-state index contributed by atoms with van der Waals surface area (Å²) in [6.45, 7) is 4.65. The van der Waals surface area contributed by atoms with E-state index in [4.69, 9.17) is 4.74 Å². The Kier molecular flexibility index (Phi) is 6.67. The predicted octanol–water partition coefficient (Wildman–Crippen LogP) is 4.40. The number of benzene rings is 2. The summed E-state index contributed by atoms with van der Waals surface area (Å²) in [5.74, 6) is 0.785. The van der Waals surface area contributed by atoms with Gasteiger partial charge in [-0.1, -0.05) is 36.4 Å². The van der Waals surface area contributed by atoms with E-state index in [1.807, 2.05) is 47.4 Å². The van der Waals surface area contributed by atoms with E-state index >= 15 is 0 Å². The van der Waals surface area contributed by atoms with Crippen molar-refractivity contribution in [1.29, 1.82) is 0 Å². The number of piperidine rings is 1. The molecule has 1 atom stereocenters. The Morgan fingerprint density at radius 3 is 2.66 bits per heavy atom. The Morgan fingerprint density at radius 1 is 1.00 bits per heavy atom. The van der Waals surface area contributed by atoms with Gasteiger partial charge in [0.05, 0.1) is 6.61 Å². The number of nitrogens with zero attached hydrogens (tertiary/aromatic N) is 2. The molecule has 4 rings (SSSR count). The van der Waals surface area contributed by atoms with Gasteiger partial charge in [-0.25, -0.2) is 4.79 Å². The maximum absolute atomic E-state index is 12.8. The summed E-state index contributed by atoms with van der Waals surface area (Å²) in [5, 5.41) is 3.06. The van der Waals surface area contributed by atoms with Crippen LogP contribution in [0.15, 0.2) is 54.6 Å². The van der Waals surface area contributed by atoms with Crippen molar-refractivity contribution in [2.24, 2.45) is 0 Å². The van der Waals surface area contributed by atoms with Crippen molar-refractivity contribution in [3.8, 4) is 5.75 Å². The summed E-state index contributed by atoms with van der Waals surface area (Å²) in [4.78, 5) is 17.3. The van der Waals surface area contributed by atoms with E-state index in [-0.39, 0.29) is 6.03 Å². The molecule has 0 aromatic heterocycles. The third-order valence-corrected chi connectivity index (χ3v) is 5.93. The standard InChI is InChI=1S/C24H31N3O2/c28-24(27-16-7-11-22(19-27)26-14-4-5-15-26)25-21-10-6-12-23(18-21)29-17-13-20-8-2-1-3-9-20/h1-3,6,8-10,12,18,22H,4-5,7,11,13-17,19H2,(H,25,28). The second-order valence-electron chi connectivity index (χ2n) is 8.03. The molecule has 2 fully saturated rings. The molecule has 0 spiro atoms. The summed E-state index contributed by atoms with van der Waals surface area (Å²) in [6, 6.07) is 18.5. The number of carbonyl (C=O) groups excluding carboxylic acids is 1. The van der Waals surface area contributed by atoms with Crippen LogP contribution in [0, 0.1) is 0 Å². The van der Waals surface area contributed by atoms with Gasteiger partial charge in [0, 0.05) is 37.3 Å². The van der Waals surface area contributed by atoms with Crippen LogP contribution in [0.25, 0.3) is 0 Å². The molecule has 0 saturated carbocycles. The lowest BCUT2D eigenvalue weighted by atomic mass is 10.0. The highest BCUT2D eigenvalue weighted by atomic mass is 16.5. The Morgan fingerprint density at radius 2 is 1.83 bits per heavy atom. The number of ether oxygens (including phenoxy) is 1. The molecule has 2 heterocycles. The lowest BCUT2D eigenvalue weighted by Crippen LogP contribution is -2.50. The van der Waals surface area contributed by atoms with Crippen molar-refractivity contribution in [2.75, 3.05) is 38.1 Å². The smallest absolute Gasteiger partial charge is 0.321 e. The van der Waals surface area contributed by atoms with Crippen LogP contribution in [0.4, 0.5) is 10.5 Å². The average molecular weight is 394 g/mol. The molecule has 1 N–H and O–H groups in total. The van der Waals surface area contributed by atoms with Crippen LogP contribution in [-0.2, 0) is 6.42 Å². The lowest BCUT2D eigenvalue weighted by molar-refractivity contribution is 0.132. The number of carbonyl (C=O) groups is 1. The minimum absolute atomic E-state index is 0.00432. The van der Waals surface area contributed by atoms with Crippen LogP contribution >= 0.6 is 0 Å². The van der Waals surface area contributed by atoms with Crippen LogP contribution in [0.2, 0.25) is 0 Å². The van der Waals surface area contributed by atoms with Crippen molar-refractivity contribution >= 4 is 11.7 Å². The minimum atomic E-state index is -0.00432. The van der Waals surface area contributed by atoms with Crippen molar-refractivity contribution in [3.05, 3.63) is 60.2 Å². The van der Waals surface area contributed by atoms with E-state index in [2.05, 4.69) is 22.3 Å². The molecular weight excluding hydrogens is 362 g/mol. The fourth-order valence-corrected chi connectivity index (χ4v) is 4.34. The molecule has 1 unspecified atom stereocenters. The van der Waals surface area contributed by atoms with Crippen molar-refractivity contribution in [1.82, 2.24) is 9.80 Å². The van der Waals surface area contributed by atoms with Crippen molar-refractivity contribution < 1.29 is 9.53 Å². The molecule has 2 saturated heterocycles. The average Bonchev–Trinajstić information content (AvgIpc) is 3.30. The van der Waals surface area contributed by atoms with Gasteiger partial charge in [-0.3, -0.25) is 4.90 Å². The van der Waals surface area contributed by atoms with E-state index in [0.717, 1.165) is 37.4 Å². The first-order chi connectivity index (χ1) is 14.3. The zero-order valence-corrected chi connectivity index (χ0v) is 17.1. The fourth-order valence-electron chi connectivity index (χ4n) is 4.34. The predicted molar refractivity (Wildman–Crippen MR) is 117 cm³/mol. The van der Waals surface area contributed by atoms with Crippen LogP contribution < -0.4 is 10.1 Å². The van der Waals surface area contributed by atoms with Gasteiger partial charge in [-0.2, -0.15) is 0 Å². The first-order valence-corrected chi connectivity index (χ1v) is 10.8. The number of likely N-dealkylation sites (tertiary alicyclic amines) is 2. The molecule has 2 aromatic rings. The van der Waals surface area contributed by atoms with Gasteiger partial charge in [0.1, 0.15) is 5.75 Å². The number of nitrogens with one attached hydrogen (secondary N) is 1. The number of amides is 2. The Labute approximate surface area is 173 Å². The number of rotatable bonds is 6. The van der Waals surface area contributed by atoms with Gasteiger partial charge < -0.3 is 15.0 Å². The molecule has 5 heteroatoms. The Hall–Kier alpha value is -2.53. The molecule has 2 amide bonds. The summed E-state index contributed by atoms with van der Waals surface area (Å²) < 4.78 is 5.89. The highest BCUT2D eigenvalue weighted by Crippen LogP contribution is 2.22. The van der Waals surface area contributed by atoms with Crippen molar-refractivity contribution in [2.45, 2.75) is 38.1 Å². The number of hydrogen-bond acceptors (Lipinski definition) is 3. The highest BCUT2D eigenvalue weighted by molar-refractivity contribution is 5.89. The summed E-state index contributed by atoms with van der Waals surface area (Å²) in [7, 11) is 0. The molecule has 5 nitrogen and oxygen atoms in total. The first kappa shape index (κ1) is 19.8. The van der Waals surface area contributed by atoms with E-state index in [9.17, 15) is 4.79 Å². The molecule has 0 bridgehead atoms. The van der Waals surface area contributed by atoms with Gasteiger partial charge in [-0.15, -0.1) is 0 Å². The van der Waals surface area contributed by atoms with Crippen LogP contribution in [0.1, 0.15) is 31.2 Å². The molecule has 2 aliphatic heterocycles. The normalized spacial score (nSPS) is 19.9. The second kappa shape index (κ2) is 9.79. The van der Waals surface area contributed by atoms with Crippen LogP contribution in [0.5, 0.6) is 5.75 Å². The summed E-state index contributed by atoms with van der Waals surface area (Å²) in [6.07, 6.45) is 5.73. The molecule has 0 aliphatic carbocycles. The summed E-state index contributed by atoms with van der Waals surface area (Å²) >= 11 is 0. The quantitative estimate of drug-likeness (QED) is 0.791. The number of hydrogen-bond donors (Lipinski definition) is 1. The monoisotopic (exact) mass is 393 g/mol. The molecule has 2 aliphatic rings. The molecule has 0 radical (unpaired) electrons. The zero-order valence-electron chi connectivity index (χ0n) is 17.1. The van der Waals surface area contributed by atoms with E-state index < -0.39 is 0 Å². The van der Waals surface area contributed by atoms with E-state index in [1.165, 1.54) is 37.9 Å². The maximum Gasteiger partial charge on any atom is 0.321 e. The minimum Gasteiger partial charge on any atom is -0.493 e. The topological polar surface area (TPSA) is 44.8 Å². The van der Waals surface area contributed by atoms with E-state index in [0.29, 0.717) is 12.6 Å². The van der Waals surface area contributed by atoms with E-state index in [1.54, 1.807) is 0 Å².